The second kappa shape index (κ2) is 10.5. The zero-order valence-corrected chi connectivity index (χ0v) is 22.1. The molecule has 0 atom stereocenters. The molecule has 0 aromatic rings. The van der Waals surface area contributed by atoms with Gasteiger partial charge >= 0.3 is 9.05 Å². The van der Waals surface area contributed by atoms with Crippen molar-refractivity contribution in [2.45, 2.75) is 53.4 Å². The molecule has 0 spiro atoms. The smallest absolute Gasteiger partial charge is 0.380 e. The summed E-state index contributed by atoms with van der Waals surface area (Å²) in [5, 5.41) is 0. The highest BCUT2D eigenvalue weighted by molar-refractivity contribution is 6.53. The molecule has 4 saturated heterocycles. The first kappa shape index (κ1) is 26.0. The molecule has 0 amide bonds. The van der Waals surface area contributed by atoms with Crippen LogP contribution in [-0.2, 0) is 36.7 Å². The minimum atomic E-state index is -3.45. The lowest BCUT2D eigenvalue weighted by molar-refractivity contribution is -0.196. The third-order valence-electron chi connectivity index (χ3n) is 8.49. The van der Waals surface area contributed by atoms with Gasteiger partial charge in [-0.15, -0.1) is 0 Å². The molecule has 0 aliphatic carbocycles. The topological polar surface area (TPSA) is 73.8 Å². The Bertz CT molecular complexity index is 496. The molecule has 0 N–H and O–H groups in total. The van der Waals surface area contributed by atoms with Crippen LogP contribution in [0.2, 0.25) is 0 Å². The summed E-state index contributed by atoms with van der Waals surface area (Å²) in [6, 6.07) is 0. The molecule has 192 valence electrons. The fourth-order valence-electron chi connectivity index (χ4n) is 4.34. The van der Waals surface area contributed by atoms with Crippen LogP contribution in [0.5, 0.6) is 0 Å². The van der Waals surface area contributed by atoms with Crippen LogP contribution in [0.4, 0.5) is 0 Å². The number of hydrogen-bond acceptors (Lipinski definition) is 8. The first-order valence-electron chi connectivity index (χ1n) is 12.8. The van der Waals surface area contributed by atoms with E-state index in [1.807, 2.05) is 0 Å². The van der Waals surface area contributed by atoms with Gasteiger partial charge in [-0.25, -0.2) is 0 Å². The van der Waals surface area contributed by atoms with E-state index in [1.165, 1.54) is 0 Å². The van der Waals surface area contributed by atoms with E-state index in [4.69, 9.17) is 36.7 Å². The monoisotopic (exact) mass is 488 g/mol. The molecule has 0 bridgehead atoms. The van der Waals surface area contributed by atoms with E-state index in [9.17, 15) is 0 Å². The number of rotatable bonds is 16. The van der Waals surface area contributed by atoms with Crippen molar-refractivity contribution in [2.75, 3.05) is 79.3 Å². The molecule has 0 unspecified atom stereocenters. The van der Waals surface area contributed by atoms with Crippen LogP contribution in [0.25, 0.3) is 0 Å². The fourth-order valence-corrected chi connectivity index (χ4v) is 6.77. The summed E-state index contributed by atoms with van der Waals surface area (Å²) < 4.78 is 48.6. The van der Waals surface area contributed by atoms with Crippen LogP contribution in [0.15, 0.2) is 0 Å². The first-order valence-corrected chi connectivity index (χ1v) is 14.4. The molecule has 4 rings (SSSR count). The van der Waals surface area contributed by atoms with Crippen molar-refractivity contribution < 1.29 is 36.7 Å². The highest BCUT2D eigenvalue weighted by Crippen LogP contribution is 2.39. The summed E-state index contributed by atoms with van der Waals surface area (Å²) in [6.45, 7) is 16.5. The average Bonchev–Trinajstić information content (AvgIpc) is 2.71. The lowest BCUT2D eigenvalue weighted by Crippen LogP contribution is -2.61. The van der Waals surface area contributed by atoms with E-state index in [-0.39, 0.29) is 21.7 Å². The van der Waals surface area contributed by atoms with E-state index >= 15 is 0 Å². The second-order valence-electron chi connectivity index (χ2n) is 11.0. The maximum absolute atomic E-state index is 6.62. The van der Waals surface area contributed by atoms with Gasteiger partial charge in [-0.05, 0) is 25.7 Å². The molecule has 8 nitrogen and oxygen atoms in total. The van der Waals surface area contributed by atoms with E-state index in [0.717, 1.165) is 25.7 Å². The summed E-state index contributed by atoms with van der Waals surface area (Å²) in [7, 11) is -3.45. The van der Waals surface area contributed by atoms with E-state index < -0.39 is 9.05 Å². The van der Waals surface area contributed by atoms with Gasteiger partial charge in [-0.3, -0.25) is 0 Å². The minimum Gasteiger partial charge on any atom is -0.380 e. The van der Waals surface area contributed by atoms with Crippen LogP contribution in [0.3, 0.4) is 0 Å². The maximum atomic E-state index is 6.62. The third kappa shape index (κ3) is 5.52. The highest BCUT2D eigenvalue weighted by Gasteiger charge is 2.55. The van der Waals surface area contributed by atoms with E-state index in [0.29, 0.717) is 79.3 Å². The predicted octanol–water partition coefficient (Wildman–Crippen LogP) is 3.19. The number of ether oxygens (including phenoxy) is 4. The van der Waals surface area contributed by atoms with Crippen molar-refractivity contribution in [1.29, 1.82) is 0 Å². The Hall–Kier alpha value is -0.103. The molecular weight excluding hydrogens is 444 g/mol. The summed E-state index contributed by atoms with van der Waals surface area (Å²) in [5.74, 6) is 0. The predicted molar refractivity (Wildman–Crippen MR) is 124 cm³/mol. The van der Waals surface area contributed by atoms with Crippen LogP contribution in [0, 0.1) is 21.7 Å². The van der Waals surface area contributed by atoms with Gasteiger partial charge in [0.25, 0.3) is 0 Å². The lowest BCUT2D eigenvalue weighted by Gasteiger charge is -2.47. The van der Waals surface area contributed by atoms with Crippen molar-refractivity contribution in [1.82, 2.24) is 0 Å². The van der Waals surface area contributed by atoms with Gasteiger partial charge in [0.15, 0.2) is 0 Å². The minimum absolute atomic E-state index is 0.0143. The van der Waals surface area contributed by atoms with Crippen molar-refractivity contribution in [2.24, 2.45) is 21.7 Å². The van der Waals surface area contributed by atoms with Crippen LogP contribution >= 0.6 is 0 Å². The quantitative estimate of drug-likeness (QED) is 0.307. The molecule has 33 heavy (non-hydrogen) atoms. The molecule has 9 heteroatoms. The molecule has 0 aromatic carbocycles. The van der Waals surface area contributed by atoms with Crippen molar-refractivity contribution in [3.63, 3.8) is 0 Å². The fraction of sp³-hybridized carbons (Fsp3) is 1.00. The van der Waals surface area contributed by atoms with Crippen LogP contribution in [-0.4, -0.2) is 88.3 Å². The third-order valence-corrected chi connectivity index (χ3v) is 10.5. The molecule has 4 heterocycles. The molecule has 0 aromatic heterocycles. The molecule has 4 aliphatic heterocycles. The zero-order chi connectivity index (χ0) is 23.5. The van der Waals surface area contributed by atoms with Crippen molar-refractivity contribution >= 4 is 9.05 Å². The van der Waals surface area contributed by atoms with Gasteiger partial charge in [0.1, 0.15) is 0 Å². The lowest BCUT2D eigenvalue weighted by atomic mass is 9.84. The van der Waals surface area contributed by atoms with Crippen molar-refractivity contribution in [3.05, 3.63) is 0 Å². The Labute approximate surface area is 200 Å². The van der Waals surface area contributed by atoms with Gasteiger partial charge in [0, 0.05) is 21.7 Å². The Kier molecular flexibility index (Phi) is 8.25. The summed E-state index contributed by atoms with van der Waals surface area (Å²) >= 11 is 0. The Morgan fingerprint density at radius 1 is 0.455 bits per heavy atom. The molecular formula is C24H44O8Si. The molecule has 4 aliphatic rings. The largest absolute Gasteiger partial charge is 0.679 e. The average molecular weight is 489 g/mol. The number of hydrogen-bond donors (Lipinski definition) is 0. The van der Waals surface area contributed by atoms with Gasteiger partial charge < -0.3 is 36.7 Å². The summed E-state index contributed by atoms with van der Waals surface area (Å²) in [5.41, 5.74) is 0.0572. The van der Waals surface area contributed by atoms with Gasteiger partial charge in [0.05, 0.1) is 79.3 Å². The van der Waals surface area contributed by atoms with Crippen LogP contribution < -0.4 is 0 Å². The Morgan fingerprint density at radius 2 is 0.667 bits per heavy atom. The maximum Gasteiger partial charge on any atom is 0.679 e. The van der Waals surface area contributed by atoms with Gasteiger partial charge in [-0.2, -0.15) is 0 Å². The zero-order valence-electron chi connectivity index (χ0n) is 21.1. The van der Waals surface area contributed by atoms with Gasteiger partial charge in [-0.1, -0.05) is 27.7 Å². The van der Waals surface area contributed by atoms with Gasteiger partial charge in [0.2, 0.25) is 0 Å². The molecule has 0 radical (unpaired) electrons. The van der Waals surface area contributed by atoms with E-state index in [1.54, 1.807) is 0 Å². The molecule has 0 saturated carbocycles. The SMILES string of the molecule is CCC1(CO[Si](OCC2(CC)COC2)(OCC2(CC)COC2)OCC2(CC)COC2)COC1. The standard InChI is InChI=1S/C24H44O8Si/c1-5-21(9-25-10-21)17-29-33(30-18-22(6-2)11-26-12-22,31-19-23(7-3)13-27-14-23)32-20-24(8-4)15-28-16-24/h5-20H2,1-4H3. The van der Waals surface area contributed by atoms with Crippen molar-refractivity contribution in [3.8, 4) is 0 Å². The summed E-state index contributed by atoms with van der Waals surface area (Å²) in [6.07, 6.45) is 3.96. The molecule has 4 fully saturated rings. The van der Waals surface area contributed by atoms with E-state index in [2.05, 4.69) is 27.7 Å². The highest BCUT2D eigenvalue weighted by atomic mass is 28.4. The Balaban J connectivity index is 1.51. The summed E-state index contributed by atoms with van der Waals surface area (Å²) in [4.78, 5) is 0. The van der Waals surface area contributed by atoms with Crippen LogP contribution in [0.1, 0.15) is 53.4 Å². The normalized spacial score (nSPS) is 26.5. The first-order chi connectivity index (χ1) is 15.9. The second-order valence-corrected chi connectivity index (χ2v) is 13.2. The Morgan fingerprint density at radius 3 is 0.788 bits per heavy atom.